The first-order valence-electron chi connectivity index (χ1n) is 34.5. The first kappa shape index (κ1) is 93.4. The second-order valence-electron chi connectivity index (χ2n) is 26.0. The SMILES string of the molecule is CSCC[C@H](NC(=O)CNC(=O)[C@H](C)NC(=O)[C@H](CCCN=C(N)N)NC(=O)[C@H](Cc1c[nH]c2ccccc12)NC(=O)[C@H](C)NC(=O)[C@H](CCCN=C(N)N)NC(=O)[C@H](CC(C)C)NC(=O)[C@@H](NC(=O)[C@H](CS)NC(=O)CNC(=O)[C@H](CCC(N)=O)NC(=O)[C@@H](N)CC(C)C)[C@@H](C)O)C(=O)N[C@@H](CS)C(=O)O. The molecule has 39 nitrogen and oxygen atoms in total. The summed E-state index contributed by atoms with van der Waals surface area (Å²) in [7, 11) is 0. The number of fused-ring (bicyclic) bond motifs is 1. The van der Waals surface area contributed by atoms with Crippen molar-refractivity contribution in [3.05, 3.63) is 36.0 Å². The number of aliphatic carboxylic acids is 1. The average Bonchev–Trinajstić information content (AvgIpc) is 1.71. The molecule has 14 amide bonds. The van der Waals surface area contributed by atoms with Crippen molar-refractivity contribution in [1.29, 1.82) is 0 Å². The van der Waals surface area contributed by atoms with Gasteiger partial charge in [0, 0.05) is 54.5 Å². The molecule has 2 rings (SSSR count). The van der Waals surface area contributed by atoms with Crippen molar-refractivity contribution < 1.29 is 82.1 Å². The Kier molecular flexibility index (Phi) is 42.3. The van der Waals surface area contributed by atoms with Gasteiger partial charge in [-0.2, -0.15) is 37.0 Å². The number of aliphatic hydroxyl groups excluding tert-OH is 1. The number of carboxylic acids is 1. The largest absolute Gasteiger partial charge is 0.480 e. The molecule has 0 aliphatic rings. The molecular weight excluding hydrogens is 1460 g/mol. The van der Waals surface area contributed by atoms with E-state index >= 15 is 0 Å². The van der Waals surface area contributed by atoms with Crippen LogP contribution < -0.4 is 104 Å². The van der Waals surface area contributed by atoms with Crippen LogP contribution in [0.5, 0.6) is 0 Å². The summed E-state index contributed by atoms with van der Waals surface area (Å²) in [5.74, 6) is -15.0. The molecule has 28 N–H and O–H groups in total. The Balaban J connectivity index is 2.42. The minimum atomic E-state index is -1.79. The van der Waals surface area contributed by atoms with E-state index in [0.29, 0.717) is 22.2 Å². The third kappa shape index (κ3) is 35.5. The molecule has 1 aromatic heterocycles. The minimum absolute atomic E-state index is 0.0191. The maximum atomic E-state index is 14.7. The number of hydrogen-bond acceptors (Lipinski definition) is 22. The number of nitrogens with two attached hydrogens (primary N) is 6. The van der Waals surface area contributed by atoms with E-state index in [1.54, 1.807) is 50.6 Å². The Labute approximate surface area is 635 Å². The van der Waals surface area contributed by atoms with Crippen molar-refractivity contribution in [2.45, 2.75) is 191 Å². The molecule has 0 saturated carbocycles. The number of amides is 14. The molecule has 0 unspecified atom stereocenters. The predicted octanol–water partition coefficient (Wildman–Crippen LogP) is -6.81. The molecule has 0 aliphatic carbocycles. The number of carbonyl (C=O) groups excluding carboxylic acids is 14. The van der Waals surface area contributed by atoms with E-state index in [9.17, 15) is 82.1 Å². The van der Waals surface area contributed by atoms with E-state index in [1.165, 1.54) is 25.6 Å². The Morgan fingerprint density at radius 2 is 0.935 bits per heavy atom. The number of rotatable bonds is 50. The van der Waals surface area contributed by atoms with Crippen molar-refractivity contribution in [1.82, 2.24) is 74.1 Å². The van der Waals surface area contributed by atoms with Crippen molar-refractivity contribution in [3.63, 3.8) is 0 Å². The van der Waals surface area contributed by atoms with E-state index < -0.39 is 180 Å². The number of H-pyrrole nitrogens is 1. The lowest BCUT2D eigenvalue weighted by Crippen LogP contribution is -2.61. The highest BCUT2D eigenvalue weighted by Crippen LogP contribution is 2.20. The molecule has 0 fully saturated rings. The summed E-state index contributed by atoms with van der Waals surface area (Å²) in [6, 6.07) is -9.91. The third-order valence-electron chi connectivity index (χ3n) is 15.9. The van der Waals surface area contributed by atoms with E-state index in [2.05, 4.69) is 109 Å². The van der Waals surface area contributed by atoms with Crippen LogP contribution >= 0.6 is 37.0 Å². The Morgan fingerprint density at radius 3 is 1.44 bits per heavy atom. The number of hydrogen-bond donors (Lipinski definition) is 24. The van der Waals surface area contributed by atoms with Crippen LogP contribution in [0.1, 0.15) is 112 Å². The van der Waals surface area contributed by atoms with Crippen LogP contribution in [0.4, 0.5) is 0 Å². The van der Waals surface area contributed by atoms with Crippen molar-refractivity contribution in [2.75, 3.05) is 49.7 Å². The summed E-state index contributed by atoms with van der Waals surface area (Å²) in [5.41, 5.74) is 34.6. The quantitative estimate of drug-likeness (QED) is 0.0127. The van der Waals surface area contributed by atoms with Gasteiger partial charge in [0.25, 0.3) is 0 Å². The number of nitrogens with zero attached hydrogens (tertiary/aromatic N) is 2. The van der Waals surface area contributed by atoms with Crippen LogP contribution in [0.25, 0.3) is 10.9 Å². The number of guanidine groups is 2. The molecular formula is C65H108N22O17S3. The highest BCUT2D eigenvalue weighted by Gasteiger charge is 2.37. The topological polar surface area (TPSA) is 650 Å². The number of thiol groups is 2. The summed E-state index contributed by atoms with van der Waals surface area (Å²) in [4.78, 5) is 213. The average molecular weight is 1570 g/mol. The summed E-state index contributed by atoms with van der Waals surface area (Å²) < 4.78 is 0. The van der Waals surface area contributed by atoms with E-state index in [1.807, 2.05) is 13.8 Å². The molecule has 107 heavy (non-hydrogen) atoms. The van der Waals surface area contributed by atoms with Crippen LogP contribution in [0.2, 0.25) is 0 Å². The summed E-state index contributed by atoms with van der Waals surface area (Å²) >= 11 is 9.48. The fraction of sp³-hybridized carbons (Fsp3) is 0.615. The number of carbonyl (C=O) groups is 15. The van der Waals surface area contributed by atoms with Gasteiger partial charge in [-0.25, -0.2) is 4.79 Å². The Hall–Kier alpha value is -9.68. The lowest BCUT2D eigenvalue weighted by atomic mass is 10.0. The van der Waals surface area contributed by atoms with Gasteiger partial charge < -0.3 is 119 Å². The first-order chi connectivity index (χ1) is 50.3. The lowest BCUT2D eigenvalue weighted by Gasteiger charge is -2.28. The normalized spacial score (nSPS) is 14.7. The zero-order valence-corrected chi connectivity index (χ0v) is 63.9. The number of para-hydroxylation sites is 1. The van der Waals surface area contributed by atoms with Crippen LogP contribution in [-0.4, -0.2) is 244 Å². The number of benzene rings is 1. The Bertz CT molecular complexity index is 3430. The van der Waals surface area contributed by atoms with Crippen LogP contribution in [-0.2, 0) is 78.3 Å². The number of carboxylic acid groups (broad SMARTS) is 1. The number of aromatic amines is 1. The van der Waals surface area contributed by atoms with Gasteiger partial charge in [0.1, 0.15) is 66.5 Å². The molecule has 0 spiro atoms. The second-order valence-corrected chi connectivity index (χ2v) is 27.8. The molecule has 598 valence electrons. The molecule has 1 aromatic carbocycles. The number of aliphatic hydroxyl groups is 1. The van der Waals surface area contributed by atoms with Crippen molar-refractivity contribution in [2.24, 2.45) is 56.2 Å². The van der Waals surface area contributed by atoms with Gasteiger partial charge in [0.05, 0.1) is 25.2 Å². The number of nitrogens with one attached hydrogen (secondary N) is 14. The third-order valence-corrected chi connectivity index (χ3v) is 17.3. The zero-order valence-electron chi connectivity index (χ0n) is 61.2. The maximum absolute atomic E-state index is 14.7. The smallest absolute Gasteiger partial charge is 0.327 e. The molecule has 1 heterocycles. The molecule has 0 saturated heterocycles. The summed E-state index contributed by atoms with van der Waals surface area (Å²) in [5, 5.41) is 53.0. The number of aromatic nitrogens is 1. The van der Waals surface area contributed by atoms with Crippen LogP contribution in [0, 0.1) is 11.8 Å². The Morgan fingerprint density at radius 1 is 0.495 bits per heavy atom. The van der Waals surface area contributed by atoms with Gasteiger partial charge in [0.15, 0.2) is 11.9 Å². The van der Waals surface area contributed by atoms with E-state index in [-0.39, 0.29) is 113 Å². The fourth-order valence-corrected chi connectivity index (χ4v) is 11.2. The number of thioether (sulfide) groups is 1. The molecule has 42 heteroatoms. The highest BCUT2D eigenvalue weighted by molar-refractivity contribution is 7.98. The van der Waals surface area contributed by atoms with Gasteiger partial charge in [-0.1, -0.05) is 45.9 Å². The van der Waals surface area contributed by atoms with Gasteiger partial charge in [-0.3, -0.25) is 77.1 Å². The van der Waals surface area contributed by atoms with Crippen molar-refractivity contribution in [3.8, 4) is 0 Å². The predicted molar refractivity (Wildman–Crippen MR) is 406 cm³/mol. The summed E-state index contributed by atoms with van der Waals surface area (Å²) in [6.45, 7) is 9.30. The van der Waals surface area contributed by atoms with Crippen LogP contribution in [0.15, 0.2) is 40.4 Å². The standard InChI is InChI=1S/C65H108N22O17S3/c1-31(2)23-38(66)54(94)81-42(17-18-48(67)89)55(95)76-28-50(91)80-46(29-105)61(101)87-51(35(7)88)62(102)85-44(24-32(3)4)59(99)82-41(16-12-21-73-65(70)71)57(97)78-34(6)53(93)84-45(25-36-26-74-39-14-10-9-13-37(36)39)60(100)83-40(15-11-20-72-64(68)69)56(96)77-33(5)52(92)75-27-49(90)79-43(19-22-107-8)58(98)86-47(30-106)63(103)104/h9-10,13-14,26,31-35,38,40-47,51,74,88,105-106H,11-12,15-25,27-30,66H2,1-8H3,(H2,67,89)(H,75,92)(H,76,95)(H,77,96)(H,78,97)(H,79,90)(H,80,91)(H,81,94)(H,82,99)(H,83,100)(H,84,93)(H,85,102)(H,86,98)(H,87,101)(H,103,104)(H4,68,69,72)(H4,70,71,73)/t33-,34-,35+,38-,40-,41-,42-,43-,44-,45-,46-,47-,51-/m0/s1. The van der Waals surface area contributed by atoms with E-state index in [0.717, 1.165) is 6.92 Å². The van der Waals surface area contributed by atoms with Crippen LogP contribution in [0.3, 0.4) is 0 Å². The zero-order chi connectivity index (χ0) is 80.8. The fourth-order valence-electron chi connectivity index (χ4n) is 10.2. The molecule has 0 bridgehead atoms. The molecule has 0 radical (unpaired) electrons. The maximum Gasteiger partial charge on any atom is 0.327 e. The number of primary amides is 1. The molecule has 13 atom stereocenters. The van der Waals surface area contributed by atoms with Gasteiger partial charge in [-0.15, -0.1) is 0 Å². The summed E-state index contributed by atoms with van der Waals surface area (Å²) in [6.07, 6.45) is 1.04. The number of aliphatic imine (C=N–C) groups is 2. The minimum Gasteiger partial charge on any atom is -0.480 e. The second kappa shape index (κ2) is 48.5. The molecule has 2 aromatic rings. The lowest BCUT2D eigenvalue weighted by molar-refractivity contribution is -0.141. The monoisotopic (exact) mass is 1560 g/mol. The van der Waals surface area contributed by atoms with Gasteiger partial charge in [-0.05, 0) is 108 Å². The molecule has 0 aliphatic heterocycles. The van der Waals surface area contributed by atoms with E-state index in [4.69, 9.17) is 34.4 Å². The highest BCUT2D eigenvalue weighted by atomic mass is 32.2. The first-order valence-corrected chi connectivity index (χ1v) is 37.2. The van der Waals surface area contributed by atoms with Gasteiger partial charge in [0.2, 0.25) is 82.7 Å². The van der Waals surface area contributed by atoms with Gasteiger partial charge >= 0.3 is 5.97 Å². The van der Waals surface area contributed by atoms with Crippen molar-refractivity contribution >= 4 is 149 Å².